The van der Waals surface area contributed by atoms with Gasteiger partial charge in [-0.15, -0.1) is 0 Å². The maximum Gasteiger partial charge on any atom is 0.194 e. The lowest BCUT2D eigenvalue weighted by molar-refractivity contribution is -0.221. The Morgan fingerprint density at radius 3 is 1.90 bits per heavy atom. The molecule has 0 spiro atoms. The monoisotopic (exact) mass is 278 g/mol. The molecular weight excluding hydrogens is 248 g/mol. The summed E-state index contributed by atoms with van der Waals surface area (Å²) >= 11 is 0. The molecule has 1 aromatic carbocycles. The SMILES string of the molecule is CCCCCCCCCC(OC)(OC)c1ccccc1. The first-order valence-corrected chi connectivity index (χ1v) is 7.95. The van der Waals surface area contributed by atoms with Crippen molar-refractivity contribution in [1.29, 1.82) is 0 Å². The van der Waals surface area contributed by atoms with E-state index in [0.717, 1.165) is 18.4 Å². The van der Waals surface area contributed by atoms with Crippen molar-refractivity contribution in [2.75, 3.05) is 14.2 Å². The Balaban J connectivity index is 2.40. The number of unbranched alkanes of at least 4 members (excludes halogenated alkanes) is 6. The Morgan fingerprint density at radius 2 is 1.35 bits per heavy atom. The number of hydrogen-bond donors (Lipinski definition) is 0. The highest BCUT2D eigenvalue weighted by Gasteiger charge is 2.30. The Bertz CT molecular complexity index is 331. The first-order valence-electron chi connectivity index (χ1n) is 7.95. The summed E-state index contributed by atoms with van der Waals surface area (Å²) in [5.74, 6) is -0.579. The lowest BCUT2D eigenvalue weighted by Crippen LogP contribution is -2.30. The largest absolute Gasteiger partial charge is 0.349 e. The van der Waals surface area contributed by atoms with E-state index in [-0.39, 0.29) is 0 Å². The van der Waals surface area contributed by atoms with Crippen LogP contribution in [-0.2, 0) is 15.3 Å². The van der Waals surface area contributed by atoms with Crippen molar-refractivity contribution in [1.82, 2.24) is 0 Å². The highest BCUT2D eigenvalue weighted by Crippen LogP contribution is 2.31. The van der Waals surface area contributed by atoms with Crippen LogP contribution in [0.3, 0.4) is 0 Å². The van der Waals surface area contributed by atoms with Crippen molar-refractivity contribution in [3.05, 3.63) is 35.9 Å². The van der Waals surface area contributed by atoms with Gasteiger partial charge in [-0.05, 0) is 6.42 Å². The molecule has 0 aliphatic carbocycles. The lowest BCUT2D eigenvalue weighted by atomic mass is 9.98. The molecule has 0 fully saturated rings. The molecule has 0 aromatic heterocycles. The summed E-state index contributed by atoms with van der Waals surface area (Å²) in [6, 6.07) is 10.2. The second kappa shape index (κ2) is 9.95. The molecule has 0 N–H and O–H groups in total. The maximum atomic E-state index is 5.70. The molecule has 2 heteroatoms. The molecule has 0 amide bonds. The number of methoxy groups -OCH3 is 2. The zero-order valence-corrected chi connectivity index (χ0v) is 13.4. The third kappa shape index (κ3) is 5.26. The van der Waals surface area contributed by atoms with E-state index < -0.39 is 5.79 Å². The van der Waals surface area contributed by atoms with Gasteiger partial charge in [0.1, 0.15) is 0 Å². The average molecular weight is 278 g/mol. The minimum atomic E-state index is -0.579. The Kier molecular flexibility index (Phi) is 8.56. The average Bonchev–Trinajstić information content (AvgIpc) is 2.52. The van der Waals surface area contributed by atoms with E-state index >= 15 is 0 Å². The van der Waals surface area contributed by atoms with Gasteiger partial charge in [-0.25, -0.2) is 0 Å². The number of rotatable bonds is 11. The van der Waals surface area contributed by atoms with Crippen molar-refractivity contribution in [2.45, 2.75) is 64.1 Å². The first kappa shape index (κ1) is 17.2. The minimum Gasteiger partial charge on any atom is -0.349 e. The predicted molar refractivity (Wildman–Crippen MR) is 84.7 cm³/mol. The zero-order chi connectivity index (χ0) is 14.7. The standard InChI is InChI=1S/C18H30O2/c1-4-5-6-7-8-9-13-16-18(19-2,20-3)17-14-11-10-12-15-17/h10-12,14-15H,4-9,13,16H2,1-3H3. The van der Waals surface area contributed by atoms with Gasteiger partial charge in [-0.2, -0.15) is 0 Å². The molecule has 0 bridgehead atoms. The summed E-state index contributed by atoms with van der Waals surface area (Å²) < 4.78 is 11.4. The van der Waals surface area contributed by atoms with E-state index in [4.69, 9.17) is 9.47 Å². The van der Waals surface area contributed by atoms with Crippen LogP contribution in [-0.4, -0.2) is 14.2 Å². The van der Waals surface area contributed by atoms with Gasteiger partial charge in [0.25, 0.3) is 0 Å². The molecular formula is C18H30O2. The van der Waals surface area contributed by atoms with Crippen LogP contribution in [0.2, 0.25) is 0 Å². The van der Waals surface area contributed by atoms with Crippen LogP contribution in [0.15, 0.2) is 30.3 Å². The molecule has 0 aliphatic rings. The Morgan fingerprint density at radius 1 is 0.800 bits per heavy atom. The second-order valence-corrected chi connectivity index (χ2v) is 5.40. The summed E-state index contributed by atoms with van der Waals surface area (Å²) in [6.45, 7) is 2.26. The van der Waals surface area contributed by atoms with E-state index in [9.17, 15) is 0 Å². The van der Waals surface area contributed by atoms with Crippen molar-refractivity contribution < 1.29 is 9.47 Å². The molecule has 0 atom stereocenters. The molecule has 0 aliphatic heterocycles. The van der Waals surface area contributed by atoms with Crippen LogP contribution in [0.5, 0.6) is 0 Å². The third-order valence-electron chi connectivity index (χ3n) is 3.98. The van der Waals surface area contributed by atoms with E-state index in [1.54, 1.807) is 14.2 Å². The van der Waals surface area contributed by atoms with Crippen molar-refractivity contribution in [3.8, 4) is 0 Å². The molecule has 0 saturated carbocycles. The van der Waals surface area contributed by atoms with Gasteiger partial charge in [0.15, 0.2) is 5.79 Å². The van der Waals surface area contributed by atoms with Crippen LogP contribution >= 0.6 is 0 Å². The van der Waals surface area contributed by atoms with Gasteiger partial charge in [-0.3, -0.25) is 0 Å². The molecule has 0 saturated heterocycles. The molecule has 1 rings (SSSR count). The zero-order valence-electron chi connectivity index (χ0n) is 13.4. The fourth-order valence-corrected chi connectivity index (χ4v) is 2.67. The van der Waals surface area contributed by atoms with Crippen LogP contribution in [0.1, 0.15) is 63.9 Å². The van der Waals surface area contributed by atoms with Gasteiger partial charge in [-0.1, -0.05) is 75.8 Å². The molecule has 0 heterocycles. The molecule has 2 nitrogen and oxygen atoms in total. The fraction of sp³-hybridized carbons (Fsp3) is 0.667. The number of hydrogen-bond acceptors (Lipinski definition) is 2. The topological polar surface area (TPSA) is 18.5 Å². The van der Waals surface area contributed by atoms with Crippen molar-refractivity contribution >= 4 is 0 Å². The summed E-state index contributed by atoms with van der Waals surface area (Å²) in [5.41, 5.74) is 1.11. The highest BCUT2D eigenvalue weighted by atomic mass is 16.7. The summed E-state index contributed by atoms with van der Waals surface area (Å²) in [7, 11) is 3.47. The number of benzene rings is 1. The normalized spacial score (nSPS) is 11.8. The predicted octanol–water partition coefficient (Wildman–Crippen LogP) is 5.27. The van der Waals surface area contributed by atoms with Crippen LogP contribution in [0, 0.1) is 0 Å². The first-order chi connectivity index (χ1) is 9.79. The van der Waals surface area contributed by atoms with Crippen LogP contribution < -0.4 is 0 Å². The van der Waals surface area contributed by atoms with Gasteiger partial charge in [0.2, 0.25) is 0 Å². The molecule has 0 unspecified atom stereocenters. The van der Waals surface area contributed by atoms with Gasteiger partial charge < -0.3 is 9.47 Å². The van der Waals surface area contributed by atoms with Crippen molar-refractivity contribution in [3.63, 3.8) is 0 Å². The molecule has 1 aromatic rings. The van der Waals surface area contributed by atoms with Gasteiger partial charge in [0, 0.05) is 26.2 Å². The van der Waals surface area contributed by atoms with E-state index in [2.05, 4.69) is 19.1 Å². The van der Waals surface area contributed by atoms with Gasteiger partial charge >= 0.3 is 0 Å². The quantitative estimate of drug-likeness (QED) is 0.405. The Labute approximate surface area is 124 Å². The molecule has 0 radical (unpaired) electrons. The van der Waals surface area contributed by atoms with Crippen molar-refractivity contribution in [2.24, 2.45) is 0 Å². The third-order valence-corrected chi connectivity index (χ3v) is 3.98. The lowest BCUT2D eigenvalue weighted by Gasteiger charge is -2.31. The van der Waals surface area contributed by atoms with E-state index in [0.29, 0.717) is 0 Å². The summed E-state index contributed by atoms with van der Waals surface area (Å²) in [4.78, 5) is 0. The smallest absolute Gasteiger partial charge is 0.194 e. The van der Waals surface area contributed by atoms with Gasteiger partial charge in [0.05, 0.1) is 0 Å². The summed E-state index contributed by atoms with van der Waals surface area (Å²) in [5, 5.41) is 0. The number of ether oxygens (including phenoxy) is 2. The summed E-state index contributed by atoms with van der Waals surface area (Å²) in [6.07, 6.45) is 10.0. The van der Waals surface area contributed by atoms with Crippen LogP contribution in [0.25, 0.3) is 0 Å². The van der Waals surface area contributed by atoms with E-state index in [1.807, 2.05) is 18.2 Å². The highest BCUT2D eigenvalue weighted by molar-refractivity contribution is 5.20. The molecule has 20 heavy (non-hydrogen) atoms. The van der Waals surface area contributed by atoms with E-state index in [1.165, 1.54) is 38.5 Å². The molecule has 114 valence electrons. The Hall–Kier alpha value is -0.860. The second-order valence-electron chi connectivity index (χ2n) is 5.40. The van der Waals surface area contributed by atoms with Crippen LogP contribution in [0.4, 0.5) is 0 Å². The minimum absolute atomic E-state index is 0.579. The maximum absolute atomic E-state index is 5.70. The fourth-order valence-electron chi connectivity index (χ4n) is 2.67.